The van der Waals surface area contributed by atoms with E-state index in [-0.39, 0.29) is 6.10 Å². The van der Waals surface area contributed by atoms with Crippen molar-refractivity contribution in [2.24, 2.45) is 7.05 Å². The van der Waals surface area contributed by atoms with Crippen LogP contribution in [0.15, 0.2) is 24.7 Å². The Kier molecular flexibility index (Phi) is 3.76. The molecule has 0 saturated carbocycles. The smallest absolute Gasteiger partial charge is 0.218 e. The zero-order valence-electron chi connectivity index (χ0n) is 10.8. The van der Waals surface area contributed by atoms with Crippen LogP contribution in [0.4, 0.5) is 5.82 Å². The van der Waals surface area contributed by atoms with Gasteiger partial charge in [-0.25, -0.2) is 9.97 Å². The SMILES string of the molecule is CC(C)Oc1cc(NCc2ccn(C)n2)ncn1. The molecular formula is C12H17N5O. The highest BCUT2D eigenvalue weighted by Crippen LogP contribution is 2.13. The first kappa shape index (κ1) is 12.3. The molecule has 0 saturated heterocycles. The van der Waals surface area contributed by atoms with Crippen LogP contribution in [-0.2, 0) is 13.6 Å². The van der Waals surface area contributed by atoms with E-state index in [2.05, 4.69) is 20.4 Å². The van der Waals surface area contributed by atoms with Gasteiger partial charge in [0.1, 0.15) is 12.1 Å². The van der Waals surface area contributed by atoms with E-state index in [9.17, 15) is 0 Å². The summed E-state index contributed by atoms with van der Waals surface area (Å²) in [7, 11) is 1.89. The van der Waals surface area contributed by atoms with Crippen LogP contribution in [-0.4, -0.2) is 25.9 Å². The zero-order chi connectivity index (χ0) is 13.0. The second-order valence-electron chi connectivity index (χ2n) is 4.24. The summed E-state index contributed by atoms with van der Waals surface area (Å²) >= 11 is 0. The number of nitrogens with zero attached hydrogens (tertiary/aromatic N) is 4. The molecule has 0 fully saturated rings. The fraction of sp³-hybridized carbons (Fsp3) is 0.417. The van der Waals surface area contributed by atoms with E-state index in [4.69, 9.17) is 4.74 Å². The Labute approximate surface area is 106 Å². The number of ether oxygens (including phenoxy) is 1. The van der Waals surface area contributed by atoms with E-state index in [1.807, 2.05) is 33.2 Å². The van der Waals surface area contributed by atoms with Gasteiger partial charge in [0.25, 0.3) is 0 Å². The summed E-state index contributed by atoms with van der Waals surface area (Å²) in [6, 6.07) is 3.74. The topological polar surface area (TPSA) is 64.9 Å². The monoisotopic (exact) mass is 247 g/mol. The van der Waals surface area contributed by atoms with Gasteiger partial charge in [0.15, 0.2) is 0 Å². The van der Waals surface area contributed by atoms with E-state index < -0.39 is 0 Å². The van der Waals surface area contributed by atoms with Gasteiger partial charge in [-0.05, 0) is 19.9 Å². The van der Waals surface area contributed by atoms with Crippen molar-refractivity contribution in [1.82, 2.24) is 19.7 Å². The average Bonchev–Trinajstić information content (AvgIpc) is 2.72. The van der Waals surface area contributed by atoms with Crippen LogP contribution in [0.2, 0.25) is 0 Å². The molecule has 0 aliphatic rings. The summed E-state index contributed by atoms with van der Waals surface area (Å²) in [5.74, 6) is 1.30. The van der Waals surface area contributed by atoms with Gasteiger partial charge < -0.3 is 10.1 Å². The first-order valence-corrected chi connectivity index (χ1v) is 5.84. The largest absolute Gasteiger partial charge is 0.475 e. The molecule has 2 aromatic rings. The van der Waals surface area contributed by atoms with Gasteiger partial charge in [-0.2, -0.15) is 5.10 Å². The molecule has 6 heteroatoms. The molecule has 0 bridgehead atoms. The maximum absolute atomic E-state index is 5.50. The molecule has 6 nitrogen and oxygen atoms in total. The molecule has 0 amide bonds. The van der Waals surface area contributed by atoms with Crippen LogP contribution < -0.4 is 10.1 Å². The molecule has 96 valence electrons. The highest BCUT2D eigenvalue weighted by Gasteiger charge is 2.02. The first-order chi connectivity index (χ1) is 8.63. The van der Waals surface area contributed by atoms with Gasteiger partial charge >= 0.3 is 0 Å². The Morgan fingerprint density at radius 1 is 1.39 bits per heavy atom. The fourth-order valence-electron chi connectivity index (χ4n) is 1.48. The van der Waals surface area contributed by atoms with Crippen molar-refractivity contribution >= 4 is 5.82 Å². The van der Waals surface area contributed by atoms with Gasteiger partial charge in [0, 0.05) is 19.3 Å². The van der Waals surface area contributed by atoms with Crippen LogP contribution >= 0.6 is 0 Å². The molecule has 0 radical (unpaired) electrons. The molecule has 0 atom stereocenters. The second kappa shape index (κ2) is 5.48. The minimum atomic E-state index is 0.101. The summed E-state index contributed by atoms with van der Waals surface area (Å²) in [4.78, 5) is 8.18. The third kappa shape index (κ3) is 3.44. The quantitative estimate of drug-likeness (QED) is 0.869. The van der Waals surface area contributed by atoms with Crippen molar-refractivity contribution in [2.75, 3.05) is 5.32 Å². The summed E-state index contributed by atoms with van der Waals surface area (Å²) < 4.78 is 7.27. The molecule has 18 heavy (non-hydrogen) atoms. The number of hydrogen-bond acceptors (Lipinski definition) is 5. The molecule has 2 heterocycles. The lowest BCUT2D eigenvalue weighted by Crippen LogP contribution is -2.08. The molecule has 0 aliphatic carbocycles. The molecule has 0 aromatic carbocycles. The van der Waals surface area contributed by atoms with Crippen molar-refractivity contribution in [2.45, 2.75) is 26.5 Å². The Morgan fingerprint density at radius 3 is 2.89 bits per heavy atom. The zero-order valence-corrected chi connectivity index (χ0v) is 10.8. The van der Waals surface area contributed by atoms with Crippen LogP contribution in [0.3, 0.4) is 0 Å². The Hall–Kier alpha value is -2.11. The van der Waals surface area contributed by atoms with Crippen LogP contribution in [0.25, 0.3) is 0 Å². The minimum Gasteiger partial charge on any atom is -0.475 e. The summed E-state index contributed by atoms with van der Waals surface area (Å²) in [5.41, 5.74) is 0.961. The summed E-state index contributed by atoms with van der Waals surface area (Å²) in [5, 5.41) is 7.46. The molecule has 0 spiro atoms. The first-order valence-electron chi connectivity index (χ1n) is 5.84. The molecular weight excluding hydrogens is 230 g/mol. The Balaban J connectivity index is 1.96. The lowest BCUT2D eigenvalue weighted by atomic mass is 10.4. The van der Waals surface area contributed by atoms with E-state index in [1.54, 1.807) is 10.7 Å². The number of hydrogen-bond donors (Lipinski definition) is 1. The van der Waals surface area contributed by atoms with Gasteiger partial charge in [-0.15, -0.1) is 0 Å². The van der Waals surface area contributed by atoms with Crippen molar-refractivity contribution in [3.05, 3.63) is 30.4 Å². The van der Waals surface area contributed by atoms with Crippen molar-refractivity contribution in [3.63, 3.8) is 0 Å². The highest BCUT2D eigenvalue weighted by molar-refractivity contribution is 5.37. The number of anilines is 1. The molecule has 1 N–H and O–H groups in total. The lowest BCUT2D eigenvalue weighted by Gasteiger charge is -2.09. The van der Waals surface area contributed by atoms with Gasteiger partial charge in [-0.3, -0.25) is 4.68 Å². The van der Waals surface area contributed by atoms with E-state index in [0.717, 1.165) is 11.5 Å². The third-order valence-electron chi connectivity index (χ3n) is 2.22. The van der Waals surface area contributed by atoms with Crippen LogP contribution in [0.5, 0.6) is 5.88 Å². The number of nitrogens with one attached hydrogen (secondary N) is 1. The van der Waals surface area contributed by atoms with Gasteiger partial charge in [0.05, 0.1) is 18.3 Å². The summed E-state index contributed by atoms with van der Waals surface area (Å²) in [6.07, 6.45) is 3.49. The van der Waals surface area contributed by atoms with Crippen molar-refractivity contribution in [3.8, 4) is 5.88 Å². The van der Waals surface area contributed by atoms with Gasteiger partial charge in [0.2, 0.25) is 5.88 Å². The van der Waals surface area contributed by atoms with Gasteiger partial charge in [-0.1, -0.05) is 0 Å². The van der Waals surface area contributed by atoms with Crippen LogP contribution in [0, 0.1) is 0 Å². The van der Waals surface area contributed by atoms with E-state index >= 15 is 0 Å². The van der Waals surface area contributed by atoms with Crippen molar-refractivity contribution < 1.29 is 4.74 Å². The second-order valence-corrected chi connectivity index (χ2v) is 4.24. The molecule has 0 aliphatic heterocycles. The molecule has 2 rings (SSSR count). The third-order valence-corrected chi connectivity index (χ3v) is 2.22. The molecule has 2 aromatic heterocycles. The minimum absolute atomic E-state index is 0.101. The Bertz CT molecular complexity index is 509. The van der Waals surface area contributed by atoms with E-state index in [0.29, 0.717) is 12.4 Å². The highest BCUT2D eigenvalue weighted by atomic mass is 16.5. The van der Waals surface area contributed by atoms with E-state index in [1.165, 1.54) is 6.33 Å². The lowest BCUT2D eigenvalue weighted by molar-refractivity contribution is 0.232. The maximum atomic E-state index is 5.50. The normalized spacial score (nSPS) is 10.7. The molecule has 0 unspecified atom stereocenters. The van der Waals surface area contributed by atoms with Crippen LogP contribution in [0.1, 0.15) is 19.5 Å². The fourth-order valence-corrected chi connectivity index (χ4v) is 1.48. The number of aromatic nitrogens is 4. The maximum Gasteiger partial charge on any atom is 0.218 e. The number of rotatable bonds is 5. The summed E-state index contributed by atoms with van der Waals surface area (Å²) in [6.45, 7) is 4.55. The standard InChI is InChI=1S/C12H17N5O/c1-9(2)18-12-6-11(14-8-15-12)13-7-10-4-5-17(3)16-10/h4-6,8-9H,7H2,1-3H3,(H,13,14,15). The predicted octanol–water partition coefficient (Wildman–Crippen LogP) is 1.61. The average molecular weight is 247 g/mol. The number of aryl methyl sites for hydroxylation is 1. The van der Waals surface area contributed by atoms with Crippen molar-refractivity contribution in [1.29, 1.82) is 0 Å². The Morgan fingerprint density at radius 2 is 2.22 bits per heavy atom. The predicted molar refractivity (Wildman–Crippen MR) is 68.3 cm³/mol.